The number of aryl methyl sites for hydroxylation is 1. The predicted octanol–water partition coefficient (Wildman–Crippen LogP) is 5.10. The van der Waals surface area contributed by atoms with Crippen LogP contribution in [0.2, 0.25) is 0 Å². The van der Waals surface area contributed by atoms with Crippen LogP contribution in [-0.4, -0.2) is 27.3 Å². The number of hydrogen-bond donors (Lipinski definition) is 0. The molecule has 1 aromatic carbocycles. The fourth-order valence-electron chi connectivity index (χ4n) is 2.43. The van der Waals surface area contributed by atoms with Gasteiger partial charge in [-0.2, -0.15) is 0 Å². The van der Waals surface area contributed by atoms with Gasteiger partial charge < -0.3 is 4.74 Å². The van der Waals surface area contributed by atoms with Crippen molar-refractivity contribution in [2.45, 2.75) is 44.1 Å². The average molecular weight is 373 g/mol. The highest BCUT2D eigenvalue weighted by Gasteiger charge is 2.21. The van der Waals surface area contributed by atoms with Gasteiger partial charge in [-0.05, 0) is 33.3 Å². The molecule has 0 spiro atoms. The van der Waals surface area contributed by atoms with Gasteiger partial charge in [-0.1, -0.05) is 41.6 Å². The van der Waals surface area contributed by atoms with E-state index in [1.807, 2.05) is 20.8 Å². The Morgan fingerprint density at radius 3 is 2.56 bits per heavy atom. The number of benzene rings is 1. The van der Waals surface area contributed by atoms with Crippen LogP contribution in [0.4, 0.5) is 0 Å². The number of carbonyl (C=O) groups is 1. The maximum Gasteiger partial charge on any atom is 0.319 e. The molecule has 0 bridgehead atoms. The van der Waals surface area contributed by atoms with Crippen LogP contribution in [-0.2, 0) is 9.53 Å². The van der Waals surface area contributed by atoms with Crippen LogP contribution in [0.3, 0.4) is 0 Å². The molecule has 2 aromatic heterocycles. The first-order valence-corrected chi connectivity index (χ1v) is 9.88. The summed E-state index contributed by atoms with van der Waals surface area (Å²) in [5.41, 5.74) is 3.46. The molecule has 0 saturated heterocycles. The van der Waals surface area contributed by atoms with Crippen LogP contribution in [0.25, 0.3) is 21.3 Å². The van der Waals surface area contributed by atoms with Gasteiger partial charge in [-0.25, -0.2) is 9.97 Å². The van der Waals surface area contributed by atoms with Gasteiger partial charge in [0.15, 0.2) is 0 Å². The zero-order chi connectivity index (χ0) is 18.0. The van der Waals surface area contributed by atoms with E-state index in [0.29, 0.717) is 0 Å². The van der Waals surface area contributed by atoms with Crippen molar-refractivity contribution in [1.29, 1.82) is 0 Å². The Bertz CT molecular complexity index is 888. The maximum atomic E-state index is 12.1. The standard InChI is InChI=1S/C19H20N2O2S2/c1-11(2)23-19(22)13(4)25-18-16-15(9-24-17(16)20-10-21-18)14-7-5-12(3)6-8-14/h5-11,13H,1-4H3/t13-/m1/s1. The minimum Gasteiger partial charge on any atom is -0.462 e. The number of esters is 1. The Balaban J connectivity index is 1.97. The number of rotatable bonds is 5. The third kappa shape index (κ3) is 4.02. The highest BCUT2D eigenvalue weighted by atomic mass is 32.2. The van der Waals surface area contributed by atoms with Gasteiger partial charge in [-0.15, -0.1) is 11.3 Å². The highest BCUT2D eigenvalue weighted by Crippen LogP contribution is 2.39. The second-order valence-electron chi connectivity index (χ2n) is 6.12. The van der Waals surface area contributed by atoms with Crippen molar-refractivity contribution in [3.63, 3.8) is 0 Å². The minimum atomic E-state index is -0.328. The van der Waals surface area contributed by atoms with Crippen molar-refractivity contribution < 1.29 is 9.53 Å². The second-order valence-corrected chi connectivity index (χ2v) is 8.31. The lowest BCUT2D eigenvalue weighted by Crippen LogP contribution is -2.20. The Morgan fingerprint density at radius 2 is 1.88 bits per heavy atom. The van der Waals surface area contributed by atoms with E-state index in [9.17, 15) is 4.79 Å². The molecule has 25 heavy (non-hydrogen) atoms. The first-order valence-electron chi connectivity index (χ1n) is 8.12. The zero-order valence-corrected chi connectivity index (χ0v) is 16.3. The number of hydrogen-bond acceptors (Lipinski definition) is 6. The number of aromatic nitrogens is 2. The van der Waals surface area contributed by atoms with Gasteiger partial charge in [-0.3, -0.25) is 4.79 Å². The number of fused-ring (bicyclic) bond motifs is 1. The van der Waals surface area contributed by atoms with Gasteiger partial charge >= 0.3 is 5.97 Å². The van der Waals surface area contributed by atoms with Crippen LogP contribution >= 0.6 is 23.1 Å². The second kappa shape index (κ2) is 7.54. The van der Waals surface area contributed by atoms with Gasteiger partial charge in [0.1, 0.15) is 21.4 Å². The topological polar surface area (TPSA) is 52.1 Å². The molecule has 0 fully saturated rings. The minimum absolute atomic E-state index is 0.120. The lowest BCUT2D eigenvalue weighted by molar-refractivity contribution is -0.146. The summed E-state index contributed by atoms with van der Waals surface area (Å²) < 4.78 is 5.31. The van der Waals surface area contributed by atoms with Crippen LogP contribution < -0.4 is 0 Å². The molecule has 0 N–H and O–H groups in total. The average Bonchev–Trinajstić information content (AvgIpc) is 3.00. The van der Waals surface area contributed by atoms with Gasteiger partial charge in [0.05, 0.1) is 11.5 Å². The molecule has 0 amide bonds. The largest absolute Gasteiger partial charge is 0.462 e. The lowest BCUT2D eigenvalue weighted by Gasteiger charge is -2.13. The van der Waals surface area contributed by atoms with Crippen LogP contribution in [0.1, 0.15) is 26.3 Å². The fraction of sp³-hybridized carbons (Fsp3) is 0.316. The van der Waals surface area contributed by atoms with Gasteiger partial charge in [0.25, 0.3) is 0 Å². The predicted molar refractivity (Wildman–Crippen MR) is 104 cm³/mol. The third-order valence-corrected chi connectivity index (χ3v) is 5.64. The number of carbonyl (C=O) groups excluding carboxylic acids is 1. The van der Waals surface area contributed by atoms with E-state index >= 15 is 0 Å². The first kappa shape index (κ1) is 17.9. The SMILES string of the molecule is Cc1ccc(-c2csc3ncnc(S[C@H](C)C(=O)OC(C)C)c23)cc1. The lowest BCUT2D eigenvalue weighted by atomic mass is 10.1. The Kier molecular flexibility index (Phi) is 5.39. The quantitative estimate of drug-likeness (QED) is 0.354. The smallest absolute Gasteiger partial charge is 0.319 e. The molecule has 4 nitrogen and oxygen atoms in total. The number of thiophene rings is 1. The summed E-state index contributed by atoms with van der Waals surface area (Å²) in [6.07, 6.45) is 1.44. The first-order chi connectivity index (χ1) is 12.0. The number of nitrogens with zero attached hydrogens (tertiary/aromatic N) is 2. The van der Waals surface area contributed by atoms with E-state index in [1.165, 1.54) is 17.3 Å². The molecule has 3 rings (SSSR count). The van der Waals surface area contributed by atoms with Crippen molar-refractivity contribution in [2.75, 3.05) is 0 Å². The van der Waals surface area contributed by atoms with Gasteiger partial charge in [0, 0.05) is 10.9 Å². The van der Waals surface area contributed by atoms with E-state index < -0.39 is 0 Å². The van der Waals surface area contributed by atoms with E-state index in [2.05, 4.69) is 46.5 Å². The van der Waals surface area contributed by atoms with Crippen molar-refractivity contribution in [2.24, 2.45) is 0 Å². The Hall–Kier alpha value is -1.92. The van der Waals surface area contributed by atoms with Crippen molar-refractivity contribution in [3.8, 4) is 11.1 Å². The molecule has 6 heteroatoms. The number of ether oxygens (including phenoxy) is 1. The fourth-order valence-corrected chi connectivity index (χ4v) is 4.33. The molecule has 1 atom stereocenters. The van der Waals surface area contributed by atoms with Crippen LogP contribution in [0.5, 0.6) is 0 Å². The molecule has 0 unspecified atom stereocenters. The maximum absolute atomic E-state index is 12.1. The number of thioether (sulfide) groups is 1. The molecule has 130 valence electrons. The van der Waals surface area contributed by atoms with E-state index in [0.717, 1.165) is 26.4 Å². The van der Waals surface area contributed by atoms with Crippen molar-refractivity contribution in [1.82, 2.24) is 9.97 Å². The third-order valence-electron chi connectivity index (χ3n) is 3.67. The van der Waals surface area contributed by atoms with E-state index in [-0.39, 0.29) is 17.3 Å². The monoisotopic (exact) mass is 372 g/mol. The summed E-state index contributed by atoms with van der Waals surface area (Å²) >= 11 is 3.01. The summed E-state index contributed by atoms with van der Waals surface area (Å²) in [4.78, 5) is 21.9. The summed E-state index contributed by atoms with van der Waals surface area (Å²) in [5, 5.41) is 3.59. The van der Waals surface area contributed by atoms with Crippen LogP contribution in [0.15, 0.2) is 41.0 Å². The summed E-state index contributed by atoms with van der Waals surface area (Å²) in [6.45, 7) is 7.63. The molecular weight excluding hydrogens is 352 g/mol. The Morgan fingerprint density at radius 1 is 1.16 bits per heavy atom. The van der Waals surface area contributed by atoms with Crippen LogP contribution in [0, 0.1) is 6.92 Å². The molecule has 3 aromatic rings. The van der Waals surface area contributed by atoms with Gasteiger partial charge in [0.2, 0.25) is 0 Å². The molecule has 0 radical (unpaired) electrons. The van der Waals surface area contributed by atoms with E-state index in [1.54, 1.807) is 17.7 Å². The van der Waals surface area contributed by atoms with Crippen molar-refractivity contribution in [3.05, 3.63) is 41.5 Å². The summed E-state index contributed by atoms with van der Waals surface area (Å²) in [7, 11) is 0. The van der Waals surface area contributed by atoms with E-state index in [4.69, 9.17) is 4.74 Å². The normalized spacial score (nSPS) is 12.5. The molecule has 0 aliphatic heterocycles. The molecule has 0 saturated carbocycles. The highest BCUT2D eigenvalue weighted by molar-refractivity contribution is 8.00. The van der Waals surface area contributed by atoms with Crippen molar-refractivity contribution >= 4 is 39.3 Å². The molecule has 2 heterocycles. The molecular formula is C19H20N2O2S2. The molecule has 0 aliphatic rings. The Labute approximate surface area is 155 Å². The summed E-state index contributed by atoms with van der Waals surface area (Å²) in [6, 6.07) is 8.40. The molecule has 0 aliphatic carbocycles. The zero-order valence-electron chi connectivity index (χ0n) is 14.6. The summed E-state index contributed by atoms with van der Waals surface area (Å²) in [5.74, 6) is -0.223.